The van der Waals surface area contributed by atoms with Crippen molar-refractivity contribution in [3.63, 3.8) is 0 Å². The quantitative estimate of drug-likeness (QED) is 0.606. The van der Waals surface area contributed by atoms with Gasteiger partial charge in [-0.3, -0.25) is 4.68 Å². The third kappa shape index (κ3) is 4.44. The van der Waals surface area contributed by atoms with Crippen molar-refractivity contribution in [3.05, 3.63) is 42.7 Å². The van der Waals surface area contributed by atoms with Gasteiger partial charge in [0.25, 0.3) is 0 Å². The number of aromatic nitrogens is 4. The second-order valence-corrected chi connectivity index (χ2v) is 9.51. The number of phenolic OH excluding ortho intramolecular Hbond substituents is 1. The minimum Gasteiger partial charge on any atom is -0.507 e. The predicted octanol–water partition coefficient (Wildman–Crippen LogP) is 4.14. The van der Waals surface area contributed by atoms with Crippen LogP contribution in [-0.2, 0) is 7.05 Å². The summed E-state index contributed by atoms with van der Waals surface area (Å²) in [6.45, 7) is 7.50. The van der Waals surface area contributed by atoms with E-state index in [1.165, 1.54) is 0 Å². The van der Waals surface area contributed by atoms with Crippen LogP contribution in [0.1, 0.15) is 27.2 Å². The van der Waals surface area contributed by atoms with Crippen LogP contribution in [0.3, 0.4) is 0 Å². The van der Waals surface area contributed by atoms with Crippen molar-refractivity contribution < 1.29 is 9.50 Å². The van der Waals surface area contributed by atoms with Gasteiger partial charge in [-0.1, -0.05) is 13.0 Å². The number of nitrogens with zero attached hydrogens (tertiary/aromatic N) is 6. The fourth-order valence-corrected chi connectivity index (χ4v) is 4.77. The zero-order valence-electron chi connectivity index (χ0n) is 20.0. The van der Waals surface area contributed by atoms with E-state index in [9.17, 15) is 9.50 Å². The van der Waals surface area contributed by atoms with Gasteiger partial charge in [0.2, 0.25) is 0 Å². The number of likely N-dealkylation sites (tertiary alicyclic amines) is 1. The zero-order chi connectivity index (χ0) is 23.8. The van der Waals surface area contributed by atoms with E-state index in [0.29, 0.717) is 23.0 Å². The highest BCUT2D eigenvalue weighted by Gasteiger charge is 2.42. The van der Waals surface area contributed by atoms with E-state index in [4.69, 9.17) is 0 Å². The molecular weight excluding hydrogens is 419 g/mol. The standard InChI is InChI=1S/C25H33FN6O/c1-17-22(10-12-30(4)25(17,2)3)32(13-11-26)24-9-8-21(28-29-24)20-7-6-18(14-23(20)33)19-15-27-31(5)16-19/h6-9,14-17,22,33H,10-13H2,1-5H3. The van der Waals surface area contributed by atoms with Gasteiger partial charge in [-0.05, 0) is 63.1 Å². The molecule has 1 saturated heterocycles. The van der Waals surface area contributed by atoms with Crippen molar-refractivity contribution in [2.45, 2.75) is 38.8 Å². The molecule has 8 heteroatoms. The Bertz CT molecular complexity index is 1100. The molecule has 3 aromatic rings. The predicted molar refractivity (Wildman–Crippen MR) is 129 cm³/mol. The molecule has 2 aromatic heterocycles. The van der Waals surface area contributed by atoms with Crippen molar-refractivity contribution in [1.29, 1.82) is 0 Å². The normalized spacial score (nSPS) is 20.7. The molecule has 0 bridgehead atoms. The summed E-state index contributed by atoms with van der Waals surface area (Å²) < 4.78 is 15.2. The molecule has 1 aliphatic heterocycles. The van der Waals surface area contributed by atoms with Crippen molar-refractivity contribution in [3.8, 4) is 28.1 Å². The summed E-state index contributed by atoms with van der Waals surface area (Å²) in [6, 6.07) is 9.38. The maximum absolute atomic E-state index is 13.5. The fraction of sp³-hybridized carbons (Fsp3) is 0.480. The molecule has 7 nitrogen and oxygen atoms in total. The van der Waals surface area contributed by atoms with Crippen LogP contribution in [0.2, 0.25) is 0 Å². The van der Waals surface area contributed by atoms with Crippen molar-refractivity contribution in [2.75, 3.05) is 31.7 Å². The number of benzene rings is 1. The molecule has 0 radical (unpaired) electrons. The number of aromatic hydroxyl groups is 1. The molecule has 1 N–H and O–H groups in total. The van der Waals surface area contributed by atoms with Crippen LogP contribution in [0.4, 0.5) is 10.2 Å². The van der Waals surface area contributed by atoms with E-state index < -0.39 is 6.67 Å². The number of halogens is 1. The Hall–Kier alpha value is -3.00. The SMILES string of the molecule is CC1C(N(CCF)c2ccc(-c3ccc(-c4cnn(C)c4)cc3O)nn2)CCN(C)C1(C)C. The molecule has 2 atom stereocenters. The number of rotatable bonds is 6. The van der Waals surface area contributed by atoms with Gasteiger partial charge in [-0.25, -0.2) is 4.39 Å². The van der Waals surface area contributed by atoms with Crippen LogP contribution in [0.25, 0.3) is 22.4 Å². The molecule has 1 fully saturated rings. The number of alkyl halides is 1. The maximum atomic E-state index is 13.5. The number of aryl methyl sites for hydroxylation is 1. The van der Waals surface area contributed by atoms with E-state index in [2.05, 4.69) is 52.9 Å². The van der Waals surface area contributed by atoms with Crippen molar-refractivity contribution in [1.82, 2.24) is 24.9 Å². The second-order valence-electron chi connectivity index (χ2n) is 9.51. The lowest BCUT2D eigenvalue weighted by Gasteiger charge is -2.52. The molecule has 176 valence electrons. The highest BCUT2D eigenvalue weighted by molar-refractivity contribution is 5.74. The number of anilines is 1. The summed E-state index contributed by atoms with van der Waals surface area (Å²) in [7, 11) is 4.00. The summed E-state index contributed by atoms with van der Waals surface area (Å²) in [6.07, 6.45) is 4.60. The first-order chi connectivity index (χ1) is 15.7. The van der Waals surface area contributed by atoms with Gasteiger partial charge in [0.1, 0.15) is 12.4 Å². The van der Waals surface area contributed by atoms with E-state index in [-0.39, 0.29) is 23.9 Å². The monoisotopic (exact) mass is 452 g/mol. The van der Waals surface area contributed by atoms with Crippen molar-refractivity contribution in [2.24, 2.45) is 13.0 Å². The Morgan fingerprint density at radius 1 is 1.15 bits per heavy atom. The smallest absolute Gasteiger partial charge is 0.151 e. The lowest BCUT2D eigenvalue weighted by molar-refractivity contribution is 0.0375. The second kappa shape index (κ2) is 9.09. The Labute approximate surface area is 194 Å². The first kappa shape index (κ1) is 23.2. The van der Waals surface area contributed by atoms with E-state index in [0.717, 1.165) is 24.1 Å². The van der Waals surface area contributed by atoms with Gasteiger partial charge in [0.15, 0.2) is 5.82 Å². The topological polar surface area (TPSA) is 70.3 Å². The first-order valence-electron chi connectivity index (χ1n) is 11.4. The molecule has 0 amide bonds. The molecule has 33 heavy (non-hydrogen) atoms. The minimum absolute atomic E-state index is 0.00661. The van der Waals surface area contributed by atoms with E-state index in [1.807, 2.05) is 37.5 Å². The fourth-order valence-electron chi connectivity index (χ4n) is 4.77. The molecule has 0 saturated carbocycles. The molecule has 2 unspecified atom stereocenters. The Balaban J connectivity index is 1.59. The summed E-state index contributed by atoms with van der Waals surface area (Å²) >= 11 is 0. The number of phenols is 1. The van der Waals surface area contributed by atoms with Gasteiger partial charge in [-0.15, -0.1) is 10.2 Å². The highest BCUT2D eigenvalue weighted by Crippen LogP contribution is 2.37. The summed E-state index contributed by atoms with van der Waals surface area (Å²) in [4.78, 5) is 4.43. The summed E-state index contributed by atoms with van der Waals surface area (Å²) in [5.41, 5.74) is 2.99. The molecule has 0 aliphatic carbocycles. The van der Waals surface area contributed by atoms with Gasteiger partial charge >= 0.3 is 0 Å². The van der Waals surface area contributed by atoms with Crippen LogP contribution in [-0.4, -0.2) is 68.4 Å². The average molecular weight is 453 g/mol. The van der Waals surface area contributed by atoms with E-state index >= 15 is 0 Å². The number of piperidine rings is 1. The third-order valence-corrected chi connectivity index (χ3v) is 7.42. The number of hydrogen-bond acceptors (Lipinski definition) is 6. The first-order valence-corrected chi connectivity index (χ1v) is 11.4. The Kier molecular flexibility index (Phi) is 6.38. The van der Waals surface area contributed by atoms with Crippen LogP contribution >= 0.6 is 0 Å². The largest absolute Gasteiger partial charge is 0.507 e. The summed E-state index contributed by atoms with van der Waals surface area (Å²) in [5.74, 6) is 1.12. The molecule has 0 spiro atoms. The molecular formula is C25H33FN6O. The Morgan fingerprint density at radius 3 is 2.55 bits per heavy atom. The molecule has 1 aliphatic rings. The van der Waals surface area contributed by atoms with Gasteiger partial charge in [0, 0.05) is 49.0 Å². The lowest BCUT2D eigenvalue weighted by atomic mass is 9.76. The van der Waals surface area contributed by atoms with Gasteiger partial charge < -0.3 is 14.9 Å². The van der Waals surface area contributed by atoms with Gasteiger partial charge in [-0.2, -0.15) is 5.10 Å². The lowest BCUT2D eigenvalue weighted by Crippen LogP contribution is -2.60. The van der Waals surface area contributed by atoms with Gasteiger partial charge in [0.05, 0.1) is 11.9 Å². The number of hydrogen-bond donors (Lipinski definition) is 1. The molecule has 3 heterocycles. The van der Waals surface area contributed by atoms with E-state index in [1.54, 1.807) is 16.9 Å². The third-order valence-electron chi connectivity index (χ3n) is 7.42. The van der Waals surface area contributed by atoms with Crippen LogP contribution in [0, 0.1) is 5.92 Å². The van der Waals surface area contributed by atoms with Crippen molar-refractivity contribution >= 4 is 5.82 Å². The highest BCUT2D eigenvalue weighted by atomic mass is 19.1. The minimum atomic E-state index is -0.445. The summed E-state index contributed by atoms with van der Waals surface area (Å²) in [5, 5.41) is 23.7. The maximum Gasteiger partial charge on any atom is 0.151 e. The molecule has 1 aromatic carbocycles. The molecule has 4 rings (SSSR count). The average Bonchev–Trinajstić information content (AvgIpc) is 3.23. The Morgan fingerprint density at radius 2 is 1.94 bits per heavy atom. The van der Waals surface area contributed by atoms with Crippen LogP contribution in [0.5, 0.6) is 5.75 Å². The zero-order valence-corrected chi connectivity index (χ0v) is 20.0. The van der Waals surface area contributed by atoms with Crippen LogP contribution < -0.4 is 4.90 Å². The van der Waals surface area contributed by atoms with Crippen LogP contribution in [0.15, 0.2) is 42.7 Å².